The predicted octanol–water partition coefficient (Wildman–Crippen LogP) is 3.79. The average molecular weight is 159 g/mol. The van der Waals surface area contributed by atoms with E-state index >= 15 is 0 Å². The van der Waals surface area contributed by atoms with Crippen molar-refractivity contribution in [1.29, 1.82) is 0 Å². The first kappa shape index (κ1) is 10.3. The normalized spacial score (nSPS) is 10.8. The zero-order valence-corrected chi connectivity index (χ0v) is 8.04. The fourth-order valence-electron chi connectivity index (χ4n) is 1.01. The summed E-state index contributed by atoms with van der Waals surface area (Å²) in [6.45, 7) is 4.57. The van der Waals surface area contributed by atoms with Crippen LogP contribution in [0.1, 0.15) is 46.0 Å². The van der Waals surface area contributed by atoms with E-state index in [2.05, 4.69) is 13.8 Å². The summed E-state index contributed by atoms with van der Waals surface area (Å²) in [6, 6.07) is 0. The van der Waals surface area contributed by atoms with E-state index in [1.807, 2.05) is 0 Å². The van der Waals surface area contributed by atoms with Crippen molar-refractivity contribution in [3.63, 3.8) is 0 Å². The molecule has 0 aromatic carbocycles. The van der Waals surface area contributed by atoms with Crippen LogP contribution in [0.3, 0.4) is 0 Å². The quantitative estimate of drug-likeness (QED) is 0.517. The summed E-state index contributed by atoms with van der Waals surface area (Å²) in [4.78, 5) is 0. The van der Waals surface area contributed by atoms with Gasteiger partial charge >= 0.3 is 0 Å². The van der Waals surface area contributed by atoms with Crippen molar-refractivity contribution in [2.75, 3.05) is 5.75 Å². The highest BCUT2D eigenvalue weighted by atomic mass is 32.1. The van der Waals surface area contributed by atoms with Crippen LogP contribution < -0.4 is 0 Å². The molecule has 0 saturated heterocycles. The Labute approximate surface area is 70.8 Å². The maximum absolute atomic E-state index is 4.85. The van der Waals surface area contributed by atoms with Crippen molar-refractivity contribution in [2.45, 2.75) is 46.0 Å². The smallest absolute Gasteiger partial charge is 0.00369 e. The molecule has 1 radical (unpaired) electrons. The Kier molecular flexibility index (Phi) is 7.72. The minimum Gasteiger partial charge on any atom is -0.0942 e. The molecule has 0 bridgehead atoms. The zero-order chi connectivity index (χ0) is 7.82. The standard InChI is InChI=1S/C9H19S/c1-9(2)7-5-3-4-6-8-10/h9H,3-8H2,1-2H3. The van der Waals surface area contributed by atoms with Crippen molar-refractivity contribution in [3.05, 3.63) is 0 Å². The molecule has 0 aliphatic heterocycles. The molecule has 0 atom stereocenters. The summed E-state index contributed by atoms with van der Waals surface area (Å²) in [7, 11) is 0. The maximum Gasteiger partial charge on any atom is 0.00369 e. The first-order valence-electron chi connectivity index (χ1n) is 4.35. The Hall–Kier alpha value is 0.350. The number of rotatable bonds is 6. The summed E-state index contributed by atoms with van der Waals surface area (Å²) in [6.07, 6.45) is 6.75. The molecule has 0 N–H and O–H groups in total. The summed E-state index contributed by atoms with van der Waals surface area (Å²) in [5, 5.41) is 0. The van der Waals surface area contributed by atoms with E-state index in [0.717, 1.165) is 11.7 Å². The second-order valence-corrected chi connectivity index (χ2v) is 3.71. The predicted molar refractivity (Wildman–Crippen MR) is 50.4 cm³/mol. The maximum atomic E-state index is 4.85. The van der Waals surface area contributed by atoms with Gasteiger partial charge in [-0.1, -0.05) is 52.2 Å². The molecule has 0 heterocycles. The minimum absolute atomic E-state index is 0.878. The lowest BCUT2D eigenvalue weighted by Gasteiger charge is -2.02. The van der Waals surface area contributed by atoms with Crippen LogP contribution in [0.25, 0.3) is 0 Å². The van der Waals surface area contributed by atoms with Gasteiger partial charge in [0.2, 0.25) is 0 Å². The van der Waals surface area contributed by atoms with E-state index in [1.54, 1.807) is 0 Å². The first-order valence-corrected chi connectivity index (χ1v) is 4.93. The third kappa shape index (κ3) is 8.35. The lowest BCUT2D eigenvalue weighted by atomic mass is 10.0. The molecule has 61 valence electrons. The number of hydrogen-bond donors (Lipinski definition) is 0. The number of hydrogen-bond acceptors (Lipinski definition) is 0. The molecule has 0 aliphatic rings. The van der Waals surface area contributed by atoms with E-state index < -0.39 is 0 Å². The molecule has 0 aromatic rings. The van der Waals surface area contributed by atoms with Crippen molar-refractivity contribution >= 4 is 12.6 Å². The molecule has 0 spiro atoms. The SMILES string of the molecule is CC(C)CCCCCC[S]. The van der Waals surface area contributed by atoms with Gasteiger partial charge in [0.15, 0.2) is 0 Å². The molecule has 10 heavy (non-hydrogen) atoms. The van der Waals surface area contributed by atoms with E-state index in [1.165, 1.54) is 32.1 Å². The first-order chi connectivity index (χ1) is 4.77. The van der Waals surface area contributed by atoms with Gasteiger partial charge < -0.3 is 0 Å². The van der Waals surface area contributed by atoms with E-state index in [0.29, 0.717) is 0 Å². The summed E-state index contributed by atoms with van der Waals surface area (Å²) >= 11 is 4.85. The molecule has 0 aliphatic carbocycles. The van der Waals surface area contributed by atoms with Crippen LogP contribution in [0.5, 0.6) is 0 Å². The lowest BCUT2D eigenvalue weighted by molar-refractivity contribution is 0.525. The van der Waals surface area contributed by atoms with Crippen molar-refractivity contribution in [3.8, 4) is 0 Å². The van der Waals surface area contributed by atoms with Crippen LogP contribution in [-0.2, 0) is 0 Å². The number of unbranched alkanes of at least 4 members (excludes halogenated alkanes) is 3. The second kappa shape index (κ2) is 7.46. The van der Waals surface area contributed by atoms with Gasteiger partial charge in [-0.15, -0.1) is 0 Å². The van der Waals surface area contributed by atoms with Crippen LogP contribution in [-0.4, -0.2) is 5.75 Å². The second-order valence-electron chi connectivity index (χ2n) is 3.30. The van der Waals surface area contributed by atoms with Gasteiger partial charge in [0.05, 0.1) is 0 Å². The molecule has 0 saturated carbocycles. The van der Waals surface area contributed by atoms with Gasteiger partial charge in [-0.3, -0.25) is 0 Å². The zero-order valence-electron chi connectivity index (χ0n) is 7.23. The molecule has 0 fully saturated rings. The lowest BCUT2D eigenvalue weighted by Crippen LogP contribution is -1.87. The van der Waals surface area contributed by atoms with Crippen LogP contribution in [0.15, 0.2) is 0 Å². The summed E-state index contributed by atoms with van der Waals surface area (Å²) in [5.41, 5.74) is 0. The highest BCUT2D eigenvalue weighted by Gasteiger charge is 1.92. The summed E-state index contributed by atoms with van der Waals surface area (Å²) < 4.78 is 0. The van der Waals surface area contributed by atoms with Crippen LogP contribution in [0.2, 0.25) is 0 Å². The van der Waals surface area contributed by atoms with Gasteiger partial charge in [0.25, 0.3) is 0 Å². The van der Waals surface area contributed by atoms with Crippen LogP contribution in [0.4, 0.5) is 0 Å². The van der Waals surface area contributed by atoms with Crippen molar-refractivity contribution in [1.82, 2.24) is 0 Å². The fraction of sp³-hybridized carbons (Fsp3) is 1.00. The van der Waals surface area contributed by atoms with Gasteiger partial charge in [-0.25, -0.2) is 0 Å². The molecule has 0 unspecified atom stereocenters. The molecule has 0 nitrogen and oxygen atoms in total. The highest BCUT2D eigenvalue weighted by molar-refractivity contribution is 7.80. The fourth-order valence-corrected chi connectivity index (χ4v) is 1.21. The third-order valence-electron chi connectivity index (χ3n) is 1.68. The molecule has 1 heteroatoms. The Morgan fingerprint density at radius 2 is 1.60 bits per heavy atom. The van der Waals surface area contributed by atoms with Gasteiger partial charge in [-0.05, 0) is 12.3 Å². The molecule has 0 aromatic heterocycles. The molecular formula is C9H19S. The molecule has 0 amide bonds. The largest absolute Gasteiger partial charge is 0.0942 e. The Balaban J connectivity index is 2.77. The van der Waals surface area contributed by atoms with Crippen LogP contribution >= 0.6 is 12.6 Å². The topological polar surface area (TPSA) is 0 Å². The molecular weight excluding hydrogens is 140 g/mol. The monoisotopic (exact) mass is 159 g/mol. The highest BCUT2D eigenvalue weighted by Crippen LogP contribution is 2.09. The van der Waals surface area contributed by atoms with Gasteiger partial charge in [-0.2, -0.15) is 0 Å². The van der Waals surface area contributed by atoms with Gasteiger partial charge in [0.1, 0.15) is 0 Å². The Morgan fingerprint density at radius 1 is 1.00 bits per heavy atom. The van der Waals surface area contributed by atoms with Crippen molar-refractivity contribution in [2.24, 2.45) is 5.92 Å². The van der Waals surface area contributed by atoms with Gasteiger partial charge in [0, 0.05) is 5.75 Å². The Morgan fingerprint density at radius 3 is 2.10 bits per heavy atom. The van der Waals surface area contributed by atoms with E-state index in [4.69, 9.17) is 12.6 Å². The van der Waals surface area contributed by atoms with Crippen molar-refractivity contribution < 1.29 is 0 Å². The van der Waals surface area contributed by atoms with Crippen LogP contribution in [0, 0.1) is 5.92 Å². The Bertz CT molecular complexity index is 59.7. The van der Waals surface area contributed by atoms with E-state index in [-0.39, 0.29) is 0 Å². The van der Waals surface area contributed by atoms with E-state index in [9.17, 15) is 0 Å². The minimum atomic E-state index is 0.878. The third-order valence-corrected chi connectivity index (χ3v) is 1.96. The summed E-state index contributed by atoms with van der Waals surface area (Å²) in [5.74, 6) is 1.82. The molecule has 0 rings (SSSR count). The average Bonchev–Trinajstić information content (AvgIpc) is 1.87.